The first kappa shape index (κ1) is 27.3. The molecule has 6 nitrogen and oxygen atoms in total. The van der Waals surface area contributed by atoms with E-state index in [1.807, 2.05) is 0 Å². The molecule has 0 aliphatic carbocycles. The summed E-state index contributed by atoms with van der Waals surface area (Å²) in [6, 6.07) is 18.0. The van der Waals surface area contributed by atoms with Crippen molar-refractivity contribution in [3.8, 4) is 11.5 Å². The molecular formula is C29H28ClF3N2O4. The number of urea groups is 1. The summed E-state index contributed by atoms with van der Waals surface area (Å²) in [5.74, 6) is 1.14. The molecule has 0 aromatic heterocycles. The lowest BCUT2D eigenvalue weighted by Gasteiger charge is -2.25. The Labute approximate surface area is 229 Å². The summed E-state index contributed by atoms with van der Waals surface area (Å²) in [5, 5.41) is 0.590. The highest BCUT2D eigenvalue weighted by Crippen LogP contribution is 2.38. The Morgan fingerprint density at radius 1 is 0.974 bits per heavy atom. The SMILES string of the molecule is O=C1N(CCOC2CCCCO2)CC(c2cccc(C(F)(F)F)c2)N1c1ccc(Oc2ccc(Cl)cc2)cc1. The van der Waals surface area contributed by atoms with Crippen LogP contribution in [-0.4, -0.2) is 43.5 Å². The summed E-state index contributed by atoms with van der Waals surface area (Å²) in [6.07, 6.45) is -1.95. The van der Waals surface area contributed by atoms with Gasteiger partial charge in [0, 0.05) is 30.4 Å². The maximum absolute atomic E-state index is 13.6. The van der Waals surface area contributed by atoms with Crippen LogP contribution >= 0.6 is 11.6 Å². The van der Waals surface area contributed by atoms with Crippen molar-refractivity contribution in [3.63, 3.8) is 0 Å². The van der Waals surface area contributed by atoms with Crippen LogP contribution in [0.4, 0.5) is 23.7 Å². The number of alkyl halides is 3. The Morgan fingerprint density at radius 2 is 1.69 bits per heavy atom. The van der Waals surface area contributed by atoms with E-state index in [9.17, 15) is 18.0 Å². The lowest BCUT2D eigenvalue weighted by atomic mass is 10.0. The molecule has 2 aliphatic heterocycles. The normalized spacial score (nSPS) is 19.9. The average Bonchev–Trinajstić information content (AvgIpc) is 3.26. The number of hydrogen-bond acceptors (Lipinski definition) is 4. The van der Waals surface area contributed by atoms with E-state index in [2.05, 4.69) is 0 Å². The van der Waals surface area contributed by atoms with Gasteiger partial charge in [-0.2, -0.15) is 13.2 Å². The molecule has 39 heavy (non-hydrogen) atoms. The first-order chi connectivity index (χ1) is 18.8. The Balaban J connectivity index is 1.36. The molecule has 2 unspecified atom stereocenters. The van der Waals surface area contributed by atoms with Crippen molar-refractivity contribution in [1.29, 1.82) is 0 Å². The number of halogens is 4. The highest BCUT2D eigenvalue weighted by atomic mass is 35.5. The number of ether oxygens (including phenoxy) is 3. The van der Waals surface area contributed by atoms with Crippen LogP contribution in [0.2, 0.25) is 5.02 Å². The molecule has 2 amide bonds. The third-order valence-corrected chi connectivity index (χ3v) is 7.00. The molecule has 206 valence electrons. The Hall–Kier alpha value is -3.27. The number of amides is 2. The zero-order valence-corrected chi connectivity index (χ0v) is 21.8. The number of nitrogens with zero attached hydrogens (tertiary/aromatic N) is 2. The molecule has 0 radical (unpaired) electrons. The first-order valence-corrected chi connectivity index (χ1v) is 13.2. The molecule has 2 atom stereocenters. The van der Waals surface area contributed by atoms with E-state index in [0.29, 0.717) is 40.9 Å². The summed E-state index contributed by atoms with van der Waals surface area (Å²) < 4.78 is 57.7. The van der Waals surface area contributed by atoms with E-state index in [4.69, 9.17) is 25.8 Å². The van der Waals surface area contributed by atoms with Gasteiger partial charge in [0.05, 0.1) is 18.2 Å². The first-order valence-electron chi connectivity index (χ1n) is 12.8. The second-order valence-electron chi connectivity index (χ2n) is 9.45. The highest BCUT2D eigenvalue weighted by molar-refractivity contribution is 6.30. The van der Waals surface area contributed by atoms with Gasteiger partial charge in [0.1, 0.15) is 11.5 Å². The molecular weight excluding hydrogens is 533 g/mol. The molecule has 5 rings (SSSR count). The van der Waals surface area contributed by atoms with Crippen LogP contribution in [0.25, 0.3) is 0 Å². The van der Waals surface area contributed by atoms with Gasteiger partial charge in [0.25, 0.3) is 0 Å². The second-order valence-corrected chi connectivity index (χ2v) is 9.89. The van der Waals surface area contributed by atoms with E-state index in [0.717, 1.165) is 31.4 Å². The number of rotatable bonds is 8. The van der Waals surface area contributed by atoms with Crippen molar-refractivity contribution in [2.75, 3.05) is 31.2 Å². The third-order valence-electron chi connectivity index (χ3n) is 6.75. The third kappa shape index (κ3) is 6.66. The molecule has 2 heterocycles. The fourth-order valence-electron chi connectivity index (χ4n) is 4.76. The highest BCUT2D eigenvalue weighted by Gasteiger charge is 2.40. The van der Waals surface area contributed by atoms with Crippen molar-refractivity contribution in [2.45, 2.75) is 37.8 Å². The topological polar surface area (TPSA) is 51.2 Å². The van der Waals surface area contributed by atoms with Gasteiger partial charge in [0.15, 0.2) is 6.29 Å². The number of carbonyl (C=O) groups excluding carboxylic acids is 1. The lowest BCUT2D eigenvalue weighted by Crippen LogP contribution is -2.35. The summed E-state index contributed by atoms with van der Waals surface area (Å²) in [6.45, 7) is 1.43. The summed E-state index contributed by atoms with van der Waals surface area (Å²) >= 11 is 5.93. The lowest BCUT2D eigenvalue weighted by molar-refractivity contribution is -0.163. The molecule has 3 aromatic rings. The van der Waals surface area contributed by atoms with Crippen LogP contribution in [0.1, 0.15) is 36.4 Å². The maximum Gasteiger partial charge on any atom is 0.416 e. The molecule has 0 spiro atoms. The Kier molecular flexibility index (Phi) is 8.30. The van der Waals surface area contributed by atoms with Gasteiger partial charge in [0.2, 0.25) is 0 Å². The summed E-state index contributed by atoms with van der Waals surface area (Å²) in [4.78, 5) is 16.7. The molecule has 0 N–H and O–H groups in total. The monoisotopic (exact) mass is 560 g/mol. The van der Waals surface area contributed by atoms with Gasteiger partial charge in [-0.15, -0.1) is 0 Å². The van der Waals surface area contributed by atoms with Crippen molar-refractivity contribution < 1.29 is 32.2 Å². The van der Waals surface area contributed by atoms with Crippen LogP contribution in [0, 0.1) is 0 Å². The van der Waals surface area contributed by atoms with Crippen LogP contribution in [-0.2, 0) is 15.7 Å². The minimum atomic E-state index is -4.49. The number of hydrogen-bond donors (Lipinski definition) is 0. The number of anilines is 1. The zero-order valence-electron chi connectivity index (χ0n) is 21.1. The van der Waals surface area contributed by atoms with E-state index >= 15 is 0 Å². The minimum absolute atomic E-state index is 0.220. The molecule has 2 fully saturated rings. The zero-order chi connectivity index (χ0) is 27.4. The van der Waals surface area contributed by atoms with Crippen molar-refractivity contribution in [1.82, 2.24) is 4.90 Å². The number of benzene rings is 3. The molecule has 2 saturated heterocycles. The van der Waals surface area contributed by atoms with E-state index in [1.54, 1.807) is 59.5 Å². The van der Waals surface area contributed by atoms with Gasteiger partial charge in [-0.05, 0) is 85.5 Å². The number of carbonyl (C=O) groups is 1. The fourth-order valence-corrected chi connectivity index (χ4v) is 4.88. The van der Waals surface area contributed by atoms with Crippen molar-refractivity contribution in [2.24, 2.45) is 0 Å². The molecule has 0 saturated carbocycles. The van der Waals surface area contributed by atoms with Gasteiger partial charge < -0.3 is 19.1 Å². The van der Waals surface area contributed by atoms with Crippen LogP contribution in [0.3, 0.4) is 0 Å². The molecule has 3 aromatic carbocycles. The van der Waals surface area contributed by atoms with Crippen molar-refractivity contribution in [3.05, 3.63) is 88.9 Å². The average molecular weight is 561 g/mol. The van der Waals surface area contributed by atoms with Crippen molar-refractivity contribution >= 4 is 23.3 Å². The van der Waals surface area contributed by atoms with E-state index < -0.39 is 17.8 Å². The van der Waals surface area contributed by atoms with Crippen LogP contribution < -0.4 is 9.64 Å². The Bertz CT molecular complexity index is 1260. The second kappa shape index (κ2) is 11.9. The van der Waals surface area contributed by atoms with Gasteiger partial charge >= 0.3 is 12.2 Å². The predicted molar refractivity (Wildman–Crippen MR) is 141 cm³/mol. The smallest absolute Gasteiger partial charge is 0.416 e. The fraction of sp³-hybridized carbons (Fsp3) is 0.345. The van der Waals surface area contributed by atoms with Crippen LogP contribution in [0.5, 0.6) is 11.5 Å². The molecule has 0 bridgehead atoms. The largest absolute Gasteiger partial charge is 0.457 e. The van der Waals surface area contributed by atoms with Gasteiger partial charge in [-0.1, -0.05) is 23.7 Å². The predicted octanol–water partition coefficient (Wildman–Crippen LogP) is 7.68. The van der Waals surface area contributed by atoms with Gasteiger partial charge in [-0.3, -0.25) is 4.90 Å². The quantitative estimate of drug-likeness (QED) is 0.283. The van der Waals surface area contributed by atoms with Gasteiger partial charge in [-0.25, -0.2) is 4.79 Å². The summed E-state index contributed by atoms with van der Waals surface area (Å²) in [5.41, 5.74) is 0.193. The van der Waals surface area contributed by atoms with Crippen LogP contribution in [0.15, 0.2) is 72.8 Å². The minimum Gasteiger partial charge on any atom is -0.457 e. The van der Waals surface area contributed by atoms with E-state index in [1.165, 1.54) is 11.0 Å². The maximum atomic E-state index is 13.6. The molecule has 10 heteroatoms. The molecule has 2 aliphatic rings. The standard InChI is InChI=1S/C29H28ClF3N2O4/c30-22-7-11-24(12-8-22)39-25-13-9-23(10-14-25)35-26(20-4-3-5-21(18-20)29(31,32)33)19-34(28(35)36)15-17-38-27-6-1-2-16-37-27/h3-5,7-14,18,26-27H,1-2,6,15-17,19H2. The summed E-state index contributed by atoms with van der Waals surface area (Å²) in [7, 11) is 0. The Morgan fingerprint density at radius 3 is 2.36 bits per heavy atom. The van der Waals surface area contributed by atoms with E-state index in [-0.39, 0.29) is 25.5 Å².